The number of carbonyl (C=O) groups excluding carboxylic acids is 17. The van der Waals surface area contributed by atoms with Crippen molar-refractivity contribution < 1.29 is 180 Å². The average Bonchev–Trinajstić information content (AvgIpc) is 0.848. The molecule has 0 aromatic heterocycles. The molecular formula is C101H150O37-8. The van der Waals surface area contributed by atoms with Crippen LogP contribution in [0.3, 0.4) is 0 Å². The Labute approximate surface area is 812 Å². The predicted molar refractivity (Wildman–Crippen MR) is 488 cm³/mol. The molecule has 3 aromatic rings. The second-order valence-electron chi connectivity index (χ2n) is 34.7. The van der Waals surface area contributed by atoms with Gasteiger partial charge in [0.25, 0.3) is 0 Å². The van der Waals surface area contributed by atoms with Crippen LogP contribution in [0.15, 0.2) is 72.8 Å². The van der Waals surface area contributed by atoms with Crippen molar-refractivity contribution in [3.05, 3.63) is 101 Å². The van der Waals surface area contributed by atoms with E-state index < -0.39 is 105 Å². The fourth-order valence-corrected chi connectivity index (χ4v) is 9.49. The Balaban J connectivity index is -0.000000490. The number of ether oxygens (including phenoxy) is 10. The fraction of sp³-hybridized carbons (Fsp3) is 0.644. The Bertz CT molecular complexity index is 4120. The van der Waals surface area contributed by atoms with Crippen LogP contribution in [0.1, 0.15) is 346 Å². The SMILES string of the molecule is CCC(C)(C)C(=O)OCCCCCC(=O)[O-].CCC(C)(C)C(=O)OCCOC(=O)CCC(=O)[O-].CCC(C)(C)C(=O)OCCOC(=O)c1ccccc1C(=O)[O-].CCC(C)(C)C(=O)[O-].CCC(C)C(=O)OCCC(=O)[O-].CCC(C)C(=O)OCCCCOc1ccc(C(=O)O)cc1.CCC(C)C(=O)OCCOC(=O)C1CCCCC1C(=O)[O-].CCC(C)C(=O)[O-].CCC(C)c1ccc(C(=O)[O-])cc1. The minimum atomic E-state index is -1.45. The highest BCUT2D eigenvalue weighted by atomic mass is 16.6. The number of carboxylic acid groups (broad SMARTS) is 9. The number of rotatable bonds is 51. The molecule has 1 saturated carbocycles. The van der Waals surface area contributed by atoms with Gasteiger partial charge >= 0.3 is 59.7 Å². The highest BCUT2D eigenvalue weighted by molar-refractivity contribution is 6.01. The van der Waals surface area contributed by atoms with Gasteiger partial charge in [-0.3, -0.25) is 38.4 Å². The number of unbranched alkanes of at least 4 members (excludes halogenated alkanes) is 3. The molecule has 7 atom stereocenters. The maximum atomic E-state index is 11.9. The van der Waals surface area contributed by atoms with Gasteiger partial charge in [0.1, 0.15) is 45.4 Å². The number of aliphatic carboxylic acids is 6. The summed E-state index contributed by atoms with van der Waals surface area (Å²) in [6.07, 6.45) is 11.9. The lowest BCUT2D eigenvalue weighted by Gasteiger charge is -2.30. The van der Waals surface area contributed by atoms with E-state index in [2.05, 4.69) is 23.3 Å². The zero-order valence-corrected chi connectivity index (χ0v) is 84.7. The van der Waals surface area contributed by atoms with Crippen molar-refractivity contribution in [2.75, 3.05) is 66.1 Å². The lowest BCUT2D eigenvalue weighted by Crippen LogP contribution is -2.41. The number of esters is 9. The topological polar surface area (TPSA) is 604 Å². The largest absolute Gasteiger partial charge is 0.550 e. The summed E-state index contributed by atoms with van der Waals surface area (Å²) < 4.78 is 49.9. The van der Waals surface area contributed by atoms with Crippen LogP contribution in [-0.4, -0.2) is 179 Å². The molecule has 7 unspecified atom stereocenters. The molecule has 0 spiro atoms. The van der Waals surface area contributed by atoms with Gasteiger partial charge in [-0.05, 0) is 210 Å². The van der Waals surface area contributed by atoms with Gasteiger partial charge < -0.3 is 132 Å². The Hall–Kier alpha value is -12.1. The summed E-state index contributed by atoms with van der Waals surface area (Å²) in [5, 5.41) is 91.2. The van der Waals surface area contributed by atoms with Gasteiger partial charge in [-0.1, -0.05) is 166 Å². The van der Waals surface area contributed by atoms with Crippen LogP contribution in [0.25, 0.3) is 0 Å². The van der Waals surface area contributed by atoms with Gasteiger partial charge in [-0.15, -0.1) is 0 Å². The van der Waals surface area contributed by atoms with E-state index in [1.807, 2.05) is 88.3 Å². The summed E-state index contributed by atoms with van der Waals surface area (Å²) in [4.78, 5) is 196. The first-order chi connectivity index (χ1) is 64.4. The van der Waals surface area contributed by atoms with Gasteiger partial charge in [0.05, 0.1) is 95.8 Å². The van der Waals surface area contributed by atoms with Crippen molar-refractivity contribution in [1.29, 1.82) is 0 Å². The first-order valence-electron chi connectivity index (χ1n) is 46.7. The van der Waals surface area contributed by atoms with E-state index in [1.165, 1.54) is 42.0 Å². The molecule has 0 amide bonds. The predicted octanol–water partition coefficient (Wildman–Crippen LogP) is 7.54. The number of benzene rings is 3. The molecule has 37 heteroatoms. The number of aromatic carboxylic acids is 3. The molecule has 0 heterocycles. The van der Waals surface area contributed by atoms with Crippen molar-refractivity contribution in [3.8, 4) is 5.75 Å². The van der Waals surface area contributed by atoms with Gasteiger partial charge in [0, 0.05) is 59.1 Å². The zero-order chi connectivity index (χ0) is 107. The van der Waals surface area contributed by atoms with Crippen LogP contribution in [-0.2, 0) is 110 Å². The monoisotopic (exact) mass is 1950 g/mol. The summed E-state index contributed by atoms with van der Waals surface area (Å²) in [5.74, 6) is -14.9. The third kappa shape index (κ3) is 64.8. The van der Waals surface area contributed by atoms with E-state index in [4.69, 9.17) is 43.0 Å². The van der Waals surface area contributed by atoms with E-state index >= 15 is 0 Å². The zero-order valence-electron chi connectivity index (χ0n) is 84.7. The molecule has 4 rings (SSSR count). The van der Waals surface area contributed by atoms with Crippen LogP contribution in [0, 0.1) is 57.2 Å². The minimum Gasteiger partial charge on any atom is -0.550 e. The fourth-order valence-electron chi connectivity index (χ4n) is 9.49. The standard InChI is InChI=1S/C16H20O6.C16H22O5.C15H24O6.C12H20O6.C12H22O4.C11H14O2.C8H14O4.C6H12O2.C5H10O2/c1-4-16(2,3)15(20)22-10-9-21-14(19)12-8-6-5-7-11(12)13(17)18;1-3-12(2)16(19)21-11-5-4-10-20-14-8-6-13(7-9-14)15(17)18;1-3-10(2)14(18)20-8-9-21-15(19)12-7-5-4-6-11(12)13(16)17;1-4-12(2,3)11(16)18-8-7-17-10(15)6-5-9(13)14;1-4-12(2,3)11(15)16-9-7-5-6-8-10(13)14;1-3-8(2)9-4-6-10(7-5-9)11(12)13;1-3-6(2)8(11)12-5-4-7(9)10;1-4-6(2,3)5(7)8;1-3-4(2)5(6)7/h5-8H,4,9-10H2,1-3H3,(H,17,18);6-9,12H,3-5,10-11H2,1-2H3,(H,17,18);10-12H,3-9H2,1-2H3,(H,16,17);4-8H2,1-3H3,(H,13,14);4-9H2,1-3H3,(H,13,14);4-8H,3H2,1-2H3,(H,12,13);6H,3-5H2,1-2H3,(H,9,10);4H2,1-3H3,(H,7,8);4H,3H2,1-2H3,(H,6,7)/p-8. The summed E-state index contributed by atoms with van der Waals surface area (Å²) >= 11 is 0. The maximum absolute atomic E-state index is 11.9. The second-order valence-corrected chi connectivity index (χ2v) is 34.7. The third-order valence-corrected chi connectivity index (χ3v) is 22.1. The lowest BCUT2D eigenvalue weighted by molar-refractivity contribution is -0.318. The molecule has 0 aliphatic heterocycles. The number of carboxylic acids is 9. The van der Waals surface area contributed by atoms with Crippen LogP contribution in [0.2, 0.25) is 0 Å². The number of hydrogen-bond donors (Lipinski definition) is 1. The van der Waals surface area contributed by atoms with E-state index in [0.717, 1.165) is 51.4 Å². The number of carbonyl (C=O) groups is 18. The van der Waals surface area contributed by atoms with Crippen molar-refractivity contribution >= 4 is 107 Å². The highest BCUT2D eigenvalue weighted by Gasteiger charge is 2.34. The van der Waals surface area contributed by atoms with Crippen LogP contribution in [0.4, 0.5) is 0 Å². The van der Waals surface area contributed by atoms with Gasteiger partial charge in [-0.2, -0.15) is 0 Å². The van der Waals surface area contributed by atoms with E-state index in [9.17, 15) is 127 Å². The first-order valence-corrected chi connectivity index (χ1v) is 46.7. The summed E-state index contributed by atoms with van der Waals surface area (Å²) in [6, 6.07) is 18.8. The van der Waals surface area contributed by atoms with E-state index in [0.29, 0.717) is 95.7 Å². The lowest BCUT2D eigenvalue weighted by atomic mass is 9.79. The molecule has 0 saturated heterocycles. The normalized spacial score (nSPS) is 13.3. The molecule has 1 N–H and O–H groups in total. The van der Waals surface area contributed by atoms with Crippen molar-refractivity contribution in [2.24, 2.45) is 57.2 Å². The van der Waals surface area contributed by atoms with Gasteiger partial charge in [0.2, 0.25) is 0 Å². The van der Waals surface area contributed by atoms with Gasteiger partial charge in [0.15, 0.2) is 0 Å². The first kappa shape index (κ1) is 134. The van der Waals surface area contributed by atoms with Crippen molar-refractivity contribution in [2.45, 2.75) is 299 Å². The second kappa shape index (κ2) is 76.0. The Morgan fingerprint density at radius 2 is 0.732 bits per heavy atom. The van der Waals surface area contributed by atoms with Gasteiger partial charge in [-0.25, -0.2) is 9.59 Å². The Morgan fingerprint density at radius 3 is 1.12 bits per heavy atom. The number of hydrogen-bond acceptors (Lipinski definition) is 36. The summed E-state index contributed by atoms with van der Waals surface area (Å²) in [7, 11) is 0. The molecule has 0 radical (unpaired) electrons. The smallest absolute Gasteiger partial charge is 0.338 e. The van der Waals surface area contributed by atoms with E-state index in [1.54, 1.807) is 86.6 Å². The molecule has 1 fully saturated rings. The molecular weight excluding hydrogens is 1810 g/mol. The molecule has 0 bridgehead atoms. The Morgan fingerprint density at radius 1 is 0.355 bits per heavy atom. The average molecular weight is 1960 g/mol. The molecule has 3 aromatic carbocycles. The van der Waals surface area contributed by atoms with Crippen LogP contribution in [0.5, 0.6) is 5.75 Å². The van der Waals surface area contributed by atoms with Crippen molar-refractivity contribution in [3.63, 3.8) is 0 Å². The quantitative estimate of drug-likeness (QED) is 0.0324. The third-order valence-electron chi connectivity index (χ3n) is 22.1. The molecule has 37 nitrogen and oxygen atoms in total. The van der Waals surface area contributed by atoms with Crippen LogP contribution >= 0.6 is 0 Å². The highest BCUT2D eigenvalue weighted by Crippen LogP contribution is 2.31. The van der Waals surface area contributed by atoms with Crippen LogP contribution < -0.4 is 45.6 Å². The van der Waals surface area contributed by atoms with E-state index in [-0.39, 0.29) is 154 Å². The minimum absolute atomic E-state index is 0.00236. The Kier molecular flexibility index (Phi) is 74.0. The maximum Gasteiger partial charge on any atom is 0.338 e. The molecule has 138 heavy (non-hydrogen) atoms. The summed E-state index contributed by atoms with van der Waals surface area (Å²) in [5.41, 5.74) is -0.909. The molecule has 1 aliphatic carbocycles. The van der Waals surface area contributed by atoms with Crippen molar-refractivity contribution in [1.82, 2.24) is 0 Å². The summed E-state index contributed by atoms with van der Waals surface area (Å²) in [6.45, 7) is 41.2. The molecule has 784 valence electrons. The molecule has 1 aliphatic rings.